The van der Waals surface area contributed by atoms with Gasteiger partial charge in [-0.1, -0.05) is 30.3 Å². The molecule has 2 aromatic rings. The monoisotopic (exact) mass is 283 g/mol. The molecule has 2 heterocycles. The number of nitrogens with zero attached hydrogens (tertiary/aromatic N) is 3. The highest BCUT2D eigenvalue weighted by molar-refractivity contribution is 5.20. The Kier molecular flexibility index (Phi) is 4.71. The summed E-state index contributed by atoms with van der Waals surface area (Å²) in [4.78, 5) is 2.62. The van der Waals surface area contributed by atoms with Crippen LogP contribution in [0, 0.1) is 6.92 Å². The molecule has 0 spiro atoms. The van der Waals surface area contributed by atoms with E-state index in [1.807, 2.05) is 6.20 Å². The van der Waals surface area contributed by atoms with Gasteiger partial charge in [0, 0.05) is 25.0 Å². The molecule has 0 amide bonds. The number of hydrogen-bond acceptors (Lipinski definition) is 2. The van der Waals surface area contributed by atoms with Crippen molar-refractivity contribution >= 4 is 0 Å². The predicted octanol–water partition coefficient (Wildman–Crippen LogP) is 3.46. The minimum Gasteiger partial charge on any atom is -0.303 e. The first-order valence-corrected chi connectivity index (χ1v) is 8.08. The molecule has 1 aliphatic heterocycles. The van der Waals surface area contributed by atoms with E-state index in [4.69, 9.17) is 0 Å². The lowest BCUT2D eigenvalue weighted by atomic mass is 9.90. The third-order valence-electron chi connectivity index (χ3n) is 4.55. The number of benzene rings is 1. The van der Waals surface area contributed by atoms with Crippen molar-refractivity contribution in [3.05, 3.63) is 53.9 Å². The molecule has 0 saturated carbocycles. The summed E-state index contributed by atoms with van der Waals surface area (Å²) in [6.45, 7) is 6.80. The van der Waals surface area contributed by atoms with Gasteiger partial charge < -0.3 is 4.90 Å². The van der Waals surface area contributed by atoms with Gasteiger partial charge in [0.15, 0.2) is 0 Å². The minimum absolute atomic E-state index is 0.714. The Balaban J connectivity index is 1.49. The van der Waals surface area contributed by atoms with Crippen LogP contribution in [0.4, 0.5) is 0 Å². The van der Waals surface area contributed by atoms with E-state index in [2.05, 4.69) is 58.0 Å². The average Bonchev–Trinajstić information content (AvgIpc) is 2.94. The zero-order chi connectivity index (χ0) is 14.5. The fourth-order valence-corrected chi connectivity index (χ4v) is 3.33. The Morgan fingerprint density at radius 1 is 1.14 bits per heavy atom. The molecule has 1 aromatic heterocycles. The predicted molar refractivity (Wildman–Crippen MR) is 86.4 cm³/mol. The Morgan fingerprint density at radius 2 is 2.00 bits per heavy atom. The summed E-state index contributed by atoms with van der Waals surface area (Å²) in [6, 6.07) is 13.1. The summed E-state index contributed by atoms with van der Waals surface area (Å²) in [5.41, 5.74) is 2.76. The van der Waals surface area contributed by atoms with Crippen LogP contribution in [0.5, 0.6) is 0 Å². The van der Waals surface area contributed by atoms with E-state index < -0.39 is 0 Å². The fraction of sp³-hybridized carbons (Fsp3) is 0.500. The van der Waals surface area contributed by atoms with Crippen molar-refractivity contribution in [3.63, 3.8) is 0 Å². The van der Waals surface area contributed by atoms with E-state index in [1.54, 1.807) is 0 Å². The number of likely N-dealkylation sites (tertiary alicyclic amines) is 1. The SMILES string of the molecule is Cc1ccnn1CCCN1CCC[C@H](c2ccccc2)C1. The molecule has 0 radical (unpaired) electrons. The maximum atomic E-state index is 4.36. The lowest BCUT2D eigenvalue weighted by Gasteiger charge is -2.33. The molecule has 0 aliphatic carbocycles. The first-order chi connectivity index (χ1) is 10.3. The van der Waals surface area contributed by atoms with Crippen molar-refractivity contribution in [2.24, 2.45) is 0 Å². The van der Waals surface area contributed by atoms with Gasteiger partial charge in [0.1, 0.15) is 0 Å². The zero-order valence-corrected chi connectivity index (χ0v) is 12.9. The number of rotatable bonds is 5. The van der Waals surface area contributed by atoms with E-state index in [0.29, 0.717) is 5.92 Å². The van der Waals surface area contributed by atoms with Gasteiger partial charge in [-0.3, -0.25) is 4.68 Å². The highest BCUT2D eigenvalue weighted by Crippen LogP contribution is 2.26. The van der Waals surface area contributed by atoms with Crippen LogP contribution in [0.1, 0.15) is 36.4 Å². The molecule has 21 heavy (non-hydrogen) atoms. The van der Waals surface area contributed by atoms with Crippen LogP contribution >= 0.6 is 0 Å². The molecule has 1 aromatic carbocycles. The van der Waals surface area contributed by atoms with Crippen molar-refractivity contribution in [1.29, 1.82) is 0 Å². The molecule has 3 nitrogen and oxygen atoms in total. The van der Waals surface area contributed by atoms with E-state index >= 15 is 0 Å². The smallest absolute Gasteiger partial charge is 0.0492 e. The van der Waals surface area contributed by atoms with Crippen LogP contribution in [0.15, 0.2) is 42.6 Å². The quantitative estimate of drug-likeness (QED) is 0.838. The third kappa shape index (κ3) is 3.73. The molecule has 3 heteroatoms. The lowest BCUT2D eigenvalue weighted by molar-refractivity contribution is 0.202. The van der Waals surface area contributed by atoms with Crippen molar-refractivity contribution in [3.8, 4) is 0 Å². The topological polar surface area (TPSA) is 21.1 Å². The van der Waals surface area contributed by atoms with E-state index in [9.17, 15) is 0 Å². The van der Waals surface area contributed by atoms with Crippen molar-refractivity contribution in [2.75, 3.05) is 19.6 Å². The molecule has 112 valence electrons. The Hall–Kier alpha value is -1.61. The van der Waals surface area contributed by atoms with Gasteiger partial charge in [0.05, 0.1) is 0 Å². The molecule has 3 rings (SSSR count). The molecule has 1 fully saturated rings. The molecule has 0 bridgehead atoms. The second kappa shape index (κ2) is 6.90. The molecular formula is C18H25N3. The first kappa shape index (κ1) is 14.3. The molecule has 1 atom stereocenters. The standard InChI is InChI=1S/C18H25N3/c1-16-10-11-19-21(16)14-6-13-20-12-5-9-18(15-20)17-7-3-2-4-8-17/h2-4,7-8,10-11,18H,5-6,9,12-15H2,1H3/t18-/m0/s1. The first-order valence-electron chi connectivity index (χ1n) is 8.08. The van der Waals surface area contributed by atoms with Crippen LogP contribution < -0.4 is 0 Å². The van der Waals surface area contributed by atoms with Crippen LogP contribution in [0.25, 0.3) is 0 Å². The highest BCUT2D eigenvalue weighted by Gasteiger charge is 2.20. The van der Waals surface area contributed by atoms with E-state index in [1.165, 1.54) is 50.2 Å². The summed E-state index contributed by atoms with van der Waals surface area (Å²) in [7, 11) is 0. The maximum absolute atomic E-state index is 4.36. The van der Waals surface area contributed by atoms with Gasteiger partial charge >= 0.3 is 0 Å². The zero-order valence-electron chi connectivity index (χ0n) is 12.9. The molecular weight excluding hydrogens is 258 g/mol. The van der Waals surface area contributed by atoms with Crippen molar-refractivity contribution < 1.29 is 0 Å². The van der Waals surface area contributed by atoms with Crippen LogP contribution in [0.2, 0.25) is 0 Å². The highest BCUT2D eigenvalue weighted by atomic mass is 15.3. The van der Waals surface area contributed by atoms with E-state index in [-0.39, 0.29) is 0 Å². The molecule has 1 aliphatic rings. The Bertz CT molecular complexity index is 547. The second-order valence-electron chi connectivity index (χ2n) is 6.10. The van der Waals surface area contributed by atoms with Crippen LogP contribution in [-0.2, 0) is 6.54 Å². The van der Waals surface area contributed by atoms with Crippen LogP contribution in [0.3, 0.4) is 0 Å². The fourth-order valence-electron chi connectivity index (χ4n) is 3.33. The van der Waals surface area contributed by atoms with Gasteiger partial charge in [-0.05, 0) is 56.8 Å². The molecule has 1 saturated heterocycles. The maximum Gasteiger partial charge on any atom is 0.0492 e. The summed E-state index contributed by atoms with van der Waals surface area (Å²) in [5.74, 6) is 0.714. The largest absolute Gasteiger partial charge is 0.303 e. The van der Waals surface area contributed by atoms with Gasteiger partial charge in [-0.25, -0.2) is 0 Å². The summed E-state index contributed by atoms with van der Waals surface area (Å²) >= 11 is 0. The average molecular weight is 283 g/mol. The number of aromatic nitrogens is 2. The Morgan fingerprint density at radius 3 is 2.76 bits per heavy atom. The second-order valence-corrected chi connectivity index (χ2v) is 6.10. The van der Waals surface area contributed by atoms with Gasteiger partial charge in [0.2, 0.25) is 0 Å². The van der Waals surface area contributed by atoms with Crippen molar-refractivity contribution in [2.45, 2.75) is 38.6 Å². The summed E-state index contributed by atoms with van der Waals surface area (Å²) < 4.78 is 2.11. The summed E-state index contributed by atoms with van der Waals surface area (Å²) in [6.07, 6.45) is 5.73. The number of hydrogen-bond donors (Lipinski definition) is 0. The Labute approximate surface area is 127 Å². The lowest BCUT2D eigenvalue weighted by Crippen LogP contribution is -2.35. The minimum atomic E-state index is 0.714. The normalized spacial score (nSPS) is 19.8. The van der Waals surface area contributed by atoms with Crippen LogP contribution in [-0.4, -0.2) is 34.3 Å². The van der Waals surface area contributed by atoms with Gasteiger partial charge in [-0.2, -0.15) is 5.10 Å². The number of piperidine rings is 1. The molecule has 0 N–H and O–H groups in total. The van der Waals surface area contributed by atoms with Crippen molar-refractivity contribution in [1.82, 2.24) is 14.7 Å². The number of aryl methyl sites for hydroxylation is 2. The molecule has 0 unspecified atom stereocenters. The van der Waals surface area contributed by atoms with Gasteiger partial charge in [-0.15, -0.1) is 0 Å². The third-order valence-corrected chi connectivity index (χ3v) is 4.55. The van der Waals surface area contributed by atoms with E-state index in [0.717, 1.165) is 6.54 Å². The van der Waals surface area contributed by atoms with Gasteiger partial charge in [0.25, 0.3) is 0 Å². The summed E-state index contributed by atoms with van der Waals surface area (Å²) in [5, 5.41) is 4.36.